The predicted molar refractivity (Wildman–Crippen MR) is 170 cm³/mol. The van der Waals surface area contributed by atoms with Gasteiger partial charge in [-0.2, -0.15) is 0 Å². The van der Waals surface area contributed by atoms with Gasteiger partial charge in [-0.25, -0.2) is 4.79 Å². The van der Waals surface area contributed by atoms with E-state index < -0.39 is 22.8 Å². The summed E-state index contributed by atoms with van der Waals surface area (Å²) in [7, 11) is 7.03. The van der Waals surface area contributed by atoms with Crippen LogP contribution in [-0.4, -0.2) is 66.1 Å². The summed E-state index contributed by atoms with van der Waals surface area (Å²) in [4.78, 5) is 39.1. The molecule has 0 saturated carbocycles. The second kappa shape index (κ2) is 16.9. The van der Waals surface area contributed by atoms with Crippen molar-refractivity contribution in [3.05, 3.63) is 47.2 Å². The quantitative estimate of drug-likeness (QED) is 0.308. The third kappa shape index (κ3) is 11.3. The van der Waals surface area contributed by atoms with E-state index in [1.165, 1.54) is 36.9 Å². The smallest absolute Gasteiger partial charge is 0.331 e. The largest absolute Gasteiger partial charge is 0.478 e. The van der Waals surface area contributed by atoms with Crippen molar-refractivity contribution in [3.8, 4) is 0 Å². The Hall–Kier alpha value is -3.17. The number of hydrogen-bond donors (Lipinski definition) is 4. The topological polar surface area (TPSA) is 130 Å². The average molecular weight is 574 g/mol. The fourth-order valence-corrected chi connectivity index (χ4v) is 4.32. The second-order valence-electron chi connectivity index (χ2n) is 12.1. The number of likely N-dealkylation sites (N-methyl/N-ethyl adjacent to an activating group) is 1. The van der Waals surface area contributed by atoms with Crippen LogP contribution in [0.25, 0.3) is 10.9 Å². The van der Waals surface area contributed by atoms with Crippen LogP contribution in [0.15, 0.2) is 36.0 Å². The normalized spacial score (nSPS) is 12.5. The molecule has 232 valence electrons. The first kappa shape index (κ1) is 37.8. The summed E-state index contributed by atoms with van der Waals surface area (Å²) >= 11 is 0. The van der Waals surface area contributed by atoms with Crippen LogP contribution in [-0.2, 0) is 33.4 Å². The van der Waals surface area contributed by atoms with Crippen LogP contribution in [0.1, 0.15) is 79.4 Å². The standard InChI is InChI=1S/C28H42N4O4.C3H8.CH5N/c1-18(26(35)36)12-13-31(8)25(34)24(27(2,3)4)30-23(33)15-28(5,6)21-17-32(9)22-11-10-19(16-29-7)14-20(21)22;1-3-2;1-2/h10-12,14,17,24,29H,13,15-16H2,1-9H3,(H,30,33)(H,35,36);3H2,1-2H3;2H2,1H3/b18-12+;;. The van der Waals surface area contributed by atoms with Gasteiger partial charge in [-0.1, -0.05) is 67.0 Å². The van der Waals surface area contributed by atoms with Gasteiger partial charge in [0.05, 0.1) is 0 Å². The molecule has 0 radical (unpaired) electrons. The Balaban J connectivity index is 0.00000299. The van der Waals surface area contributed by atoms with Crippen molar-refractivity contribution in [2.45, 2.75) is 86.2 Å². The van der Waals surface area contributed by atoms with Crippen LogP contribution in [0, 0.1) is 5.41 Å². The van der Waals surface area contributed by atoms with Crippen LogP contribution in [0.5, 0.6) is 0 Å². The van der Waals surface area contributed by atoms with Gasteiger partial charge in [-0.3, -0.25) is 9.59 Å². The fraction of sp³-hybridized carbons (Fsp3) is 0.594. The third-order valence-electron chi connectivity index (χ3n) is 6.57. The lowest BCUT2D eigenvalue weighted by Crippen LogP contribution is -2.54. The van der Waals surface area contributed by atoms with Crippen molar-refractivity contribution in [1.82, 2.24) is 20.1 Å². The lowest BCUT2D eigenvalue weighted by Gasteiger charge is -2.34. The molecule has 2 amide bonds. The van der Waals surface area contributed by atoms with Crippen molar-refractivity contribution >= 4 is 28.7 Å². The number of fused-ring (bicyclic) bond motifs is 1. The Morgan fingerprint density at radius 1 is 1.12 bits per heavy atom. The minimum Gasteiger partial charge on any atom is -0.478 e. The highest BCUT2D eigenvalue weighted by Gasteiger charge is 2.36. The summed E-state index contributed by atoms with van der Waals surface area (Å²) in [6.07, 6.45) is 5.04. The first-order chi connectivity index (χ1) is 19.0. The molecular formula is C32H55N5O4. The molecule has 41 heavy (non-hydrogen) atoms. The summed E-state index contributed by atoms with van der Waals surface area (Å²) in [5.41, 5.74) is 7.02. The molecule has 1 heterocycles. The monoisotopic (exact) mass is 573 g/mol. The highest BCUT2D eigenvalue weighted by molar-refractivity contribution is 5.90. The fourth-order valence-electron chi connectivity index (χ4n) is 4.32. The van der Waals surface area contributed by atoms with Crippen LogP contribution < -0.4 is 16.4 Å². The Kier molecular flexibility index (Phi) is 15.6. The van der Waals surface area contributed by atoms with E-state index in [1.807, 2.05) is 48.7 Å². The molecule has 0 spiro atoms. The Bertz CT molecular complexity index is 1170. The number of carbonyl (C=O) groups excluding carboxylic acids is 2. The molecule has 2 rings (SSSR count). The maximum atomic E-state index is 13.3. The molecule has 0 bridgehead atoms. The third-order valence-corrected chi connectivity index (χ3v) is 6.57. The number of amides is 2. The zero-order valence-electron chi connectivity index (χ0n) is 27.4. The van der Waals surface area contributed by atoms with E-state index in [0.717, 1.165) is 23.0 Å². The molecule has 2 aromatic rings. The van der Waals surface area contributed by atoms with E-state index in [0.29, 0.717) is 0 Å². The zero-order chi connectivity index (χ0) is 32.1. The number of nitrogens with one attached hydrogen (secondary N) is 2. The van der Waals surface area contributed by atoms with Gasteiger partial charge in [0.15, 0.2) is 0 Å². The maximum Gasteiger partial charge on any atom is 0.331 e. The van der Waals surface area contributed by atoms with Gasteiger partial charge < -0.3 is 30.9 Å². The number of rotatable bonds is 10. The number of nitrogens with two attached hydrogens (primary N) is 1. The van der Waals surface area contributed by atoms with Gasteiger partial charge in [-0.05, 0) is 49.7 Å². The number of aromatic nitrogens is 1. The van der Waals surface area contributed by atoms with E-state index in [4.69, 9.17) is 5.11 Å². The Labute approximate surface area is 247 Å². The van der Waals surface area contributed by atoms with E-state index in [9.17, 15) is 14.4 Å². The van der Waals surface area contributed by atoms with E-state index in [2.05, 4.69) is 59.2 Å². The number of carboxylic acids is 1. The minimum atomic E-state index is -1.02. The molecule has 1 unspecified atom stereocenters. The molecule has 1 aromatic carbocycles. The lowest BCUT2D eigenvalue weighted by atomic mass is 9.80. The lowest BCUT2D eigenvalue weighted by molar-refractivity contribution is -0.138. The molecule has 0 aliphatic rings. The molecule has 0 saturated heterocycles. The number of carbonyl (C=O) groups is 3. The number of aliphatic carboxylic acids is 1. The van der Waals surface area contributed by atoms with Crippen LogP contribution >= 0.6 is 0 Å². The maximum absolute atomic E-state index is 13.3. The summed E-state index contributed by atoms with van der Waals surface area (Å²) in [6.45, 7) is 16.5. The second-order valence-corrected chi connectivity index (χ2v) is 12.1. The van der Waals surface area contributed by atoms with E-state index in [-0.39, 0.29) is 30.4 Å². The number of benzene rings is 1. The van der Waals surface area contributed by atoms with E-state index in [1.54, 1.807) is 7.05 Å². The minimum absolute atomic E-state index is 0.149. The van der Waals surface area contributed by atoms with Crippen molar-refractivity contribution in [2.24, 2.45) is 18.2 Å². The molecule has 9 nitrogen and oxygen atoms in total. The average Bonchev–Trinajstić information content (AvgIpc) is 3.22. The van der Waals surface area contributed by atoms with Crippen molar-refractivity contribution < 1.29 is 19.5 Å². The summed E-state index contributed by atoms with van der Waals surface area (Å²) in [6, 6.07) is 5.63. The molecule has 1 atom stereocenters. The SMILES string of the molecule is CCC.CN.CNCc1ccc2c(c1)c(C(C)(C)CC(=O)NC(C(=O)N(C)C/C=C(\C)C(=O)O)C(C)(C)C)cn2C. The molecule has 0 aliphatic carbocycles. The Morgan fingerprint density at radius 3 is 2.17 bits per heavy atom. The van der Waals surface area contributed by atoms with Gasteiger partial charge in [-0.15, -0.1) is 0 Å². The van der Waals surface area contributed by atoms with Gasteiger partial charge >= 0.3 is 5.97 Å². The first-order valence-electron chi connectivity index (χ1n) is 14.2. The first-order valence-corrected chi connectivity index (χ1v) is 14.2. The number of aryl methyl sites for hydroxylation is 1. The zero-order valence-corrected chi connectivity index (χ0v) is 27.4. The molecule has 9 heteroatoms. The highest BCUT2D eigenvalue weighted by Crippen LogP contribution is 2.35. The van der Waals surface area contributed by atoms with Crippen LogP contribution in [0.2, 0.25) is 0 Å². The number of nitrogens with zero attached hydrogens (tertiary/aromatic N) is 2. The van der Waals surface area contributed by atoms with Crippen molar-refractivity contribution in [2.75, 3.05) is 27.7 Å². The van der Waals surface area contributed by atoms with E-state index >= 15 is 0 Å². The Morgan fingerprint density at radius 2 is 1.68 bits per heavy atom. The summed E-state index contributed by atoms with van der Waals surface area (Å²) < 4.78 is 2.08. The highest BCUT2D eigenvalue weighted by atomic mass is 16.4. The summed E-state index contributed by atoms with van der Waals surface area (Å²) in [5.74, 6) is -1.49. The van der Waals surface area contributed by atoms with Crippen molar-refractivity contribution in [1.29, 1.82) is 0 Å². The van der Waals surface area contributed by atoms with Crippen molar-refractivity contribution in [3.63, 3.8) is 0 Å². The molecule has 0 fully saturated rings. The predicted octanol–water partition coefficient (Wildman–Crippen LogP) is 4.58. The van der Waals surface area contributed by atoms with Gasteiger partial charge in [0, 0.05) is 61.7 Å². The number of carboxylic acid groups (broad SMARTS) is 1. The molecule has 5 N–H and O–H groups in total. The van der Waals surface area contributed by atoms with Crippen LogP contribution in [0.3, 0.4) is 0 Å². The van der Waals surface area contributed by atoms with Gasteiger partial charge in [0.1, 0.15) is 6.04 Å². The molecule has 1 aromatic heterocycles. The van der Waals surface area contributed by atoms with Gasteiger partial charge in [0.25, 0.3) is 0 Å². The van der Waals surface area contributed by atoms with Crippen LogP contribution in [0.4, 0.5) is 0 Å². The molecular weight excluding hydrogens is 518 g/mol. The summed E-state index contributed by atoms with van der Waals surface area (Å²) in [5, 5.41) is 16.3. The number of hydrogen-bond acceptors (Lipinski definition) is 5. The van der Waals surface area contributed by atoms with Gasteiger partial charge in [0.2, 0.25) is 11.8 Å². The molecule has 0 aliphatic heterocycles.